The van der Waals surface area contributed by atoms with Gasteiger partial charge in [-0.05, 0) is 30.0 Å². The van der Waals surface area contributed by atoms with Gasteiger partial charge in [0.2, 0.25) is 0 Å². The lowest BCUT2D eigenvalue weighted by molar-refractivity contribution is 0.102. The van der Waals surface area contributed by atoms with Gasteiger partial charge in [0.05, 0.1) is 5.33 Å². The molecule has 0 fully saturated rings. The molecule has 0 N–H and O–H groups in total. The van der Waals surface area contributed by atoms with Crippen molar-refractivity contribution < 1.29 is 4.79 Å². The second kappa shape index (κ2) is 5.30. The standard InChI is InChI=1S/C12H15BrO/c1-3-9-5-6-11(12(14)8-13)7-10(9)4-2/h5-7H,3-4,8H2,1-2H3. The van der Waals surface area contributed by atoms with Crippen LogP contribution in [0.1, 0.15) is 35.3 Å². The fourth-order valence-corrected chi connectivity index (χ4v) is 1.87. The number of carbonyl (C=O) groups excluding carboxylic acids is 1. The largest absolute Gasteiger partial charge is 0.293 e. The molecule has 0 aliphatic heterocycles. The van der Waals surface area contributed by atoms with Crippen molar-refractivity contribution in [1.29, 1.82) is 0 Å². The van der Waals surface area contributed by atoms with Crippen molar-refractivity contribution in [2.24, 2.45) is 0 Å². The second-order valence-electron chi connectivity index (χ2n) is 3.25. The van der Waals surface area contributed by atoms with Crippen molar-refractivity contribution in [1.82, 2.24) is 0 Å². The summed E-state index contributed by atoms with van der Waals surface area (Å²) in [5, 5.41) is 0.404. The number of Topliss-reactive ketones (excluding diaryl/α,β-unsaturated/α-hetero) is 1. The lowest BCUT2D eigenvalue weighted by Gasteiger charge is -2.07. The number of hydrogen-bond donors (Lipinski definition) is 0. The molecule has 0 amide bonds. The van der Waals surface area contributed by atoms with E-state index in [2.05, 4.69) is 35.8 Å². The number of ketones is 1. The van der Waals surface area contributed by atoms with E-state index < -0.39 is 0 Å². The van der Waals surface area contributed by atoms with E-state index in [1.54, 1.807) is 0 Å². The highest BCUT2D eigenvalue weighted by atomic mass is 79.9. The van der Waals surface area contributed by atoms with Crippen LogP contribution in [0.15, 0.2) is 18.2 Å². The van der Waals surface area contributed by atoms with E-state index in [9.17, 15) is 4.79 Å². The molecule has 0 atom stereocenters. The Bertz CT molecular complexity index is 331. The Balaban J connectivity index is 3.07. The van der Waals surface area contributed by atoms with Gasteiger partial charge < -0.3 is 0 Å². The van der Waals surface area contributed by atoms with Gasteiger partial charge in [-0.3, -0.25) is 4.79 Å². The van der Waals surface area contributed by atoms with E-state index in [1.807, 2.05) is 12.1 Å². The molecule has 0 spiro atoms. The predicted molar refractivity (Wildman–Crippen MR) is 63.3 cm³/mol. The molecular formula is C12H15BrO. The van der Waals surface area contributed by atoms with Crippen molar-refractivity contribution in [2.45, 2.75) is 26.7 Å². The molecule has 1 nitrogen and oxygen atoms in total. The number of alkyl halides is 1. The van der Waals surface area contributed by atoms with Crippen LogP contribution in [-0.2, 0) is 12.8 Å². The lowest BCUT2D eigenvalue weighted by atomic mass is 9.99. The van der Waals surface area contributed by atoms with Crippen LogP contribution in [0.2, 0.25) is 0 Å². The van der Waals surface area contributed by atoms with Crippen LogP contribution in [0.25, 0.3) is 0 Å². The topological polar surface area (TPSA) is 17.1 Å². The van der Waals surface area contributed by atoms with Crippen molar-refractivity contribution in [3.05, 3.63) is 34.9 Å². The predicted octanol–water partition coefficient (Wildman–Crippen LogP) is 3.39. The minimum atomic E-state index is 0.155. The first kappa shape index (κ1) is 11.4. The van der Waals surface area contributed by atoms with Crippen molar-refractivity contribution in [2.75, 3.05) is 5.33 Å². The number of benzene rings is 1. The van der Waals surface area contributed by atoms with E-state index >= 15 is 0 Å². The highest BCUT2D eigenvalue weighted by Crippen LogP contribution is 2.14. The van der Waals surface area contributed by atoms with Gasteiger partial charge in [0.15, 0.2) is 5.78 Å². The maximum atomic E-state index is 11.4. The first-order valence-corrected chi connectivity index (χ1v) is 6.06. The average Bonchev–Trinajstić information content (AvgIpc) is 2.26. The van der Waals surface area contributed by atoms with Crippen LogP contribution in [0.3, 0.4) is 0 Å². The zero-order valence-corrected chi connectivity index (χ0v) is 10.2. The van der Waals surface area contributed by atoms with Gasteiger partial charge in [0.1, 0.15) is 0 Å². The Morgan fingerprint density at radius 3 is 2.36 bits per heavy atom. The van der Waals surface area contributed by atoms with Gasteiger partial charge in [-0.2, -0.15) is 0 Å². The number of halogens is 1. The van der Waals surface area contributed by atoms with Crippen LogP contribution in [0.4, 0.5) is 0 Å². The molecule has 0 saturated carbocycles. The van der Waals surface area contributed by atoms with Crippen LogP contribution < -0.4 is 0 Å². The van der Waals surface area contributed by atoms with Gasteiger partial charge in [-0.25, -0.2) is 0 Å². The van der Waals surface area contributed by atoms with E-state index in [1.165, 1.54) is 11.1 Å². The maximum Gasteiger partial charge on any atom is 0.173 e. The molecule has 0 aromatic heterocycles. The Hall–Kier alpha value is -0.630. The van der Waals surface area contributed by atoms with E-state index in [4.69, 9.17) is 0 Å². The third-order valence-corrected chi connectivity index (χ3v) is 2.92. The zero-order chi connectivity index (χ0) is 10.6. The molecular weight excluding hydrogens is 240 g/mol. The molecule has 0 bridgehead atoms. The smallest absolute Gasteiger partial charge is 0.173 e. The highest BCUT2D eigenvalue weighted by Gasteiger charge is 2.06. The van der Waals surface area contributed by atoms with Gasteiger partial charge >= 0.3 is 0 Å². The van der Waals surface area contributed by atoms with Crippen LogP contribution in [0.5, 0.6) is 0 Å². The molecule has 14 heavy (non-hydrogen) atoms. The maximum absolute atomic E-state index is 11.4. The summed E-state index contributed by atoms with van der Waals surface area (Å²) in [6.45, 7) is 4.26. The van der Waals surface area contributed by atoms with Gasteiger partial charge in [-0.15, -0.1) is 0 Å². The normalized spacial score (nSPS) is 10.2. The average molecular weight is 255 g/mol. The van der Waals surface area contributed by atoms with Crippen molar-refractivity contribution in [3.63, 3.8) is 0 Å². The number of rotatable bonds is 4. The Labute approximate surface area is 93.7 Å². The van der Waals surface area contributed by atoms with Gasteiger partial charge in [0.25, 0.3) is 0 Å². The first-order valence-electron chi connectivity index (χ1n) is 4.93. The summed E-state index contributed by atoms with van der Waals surface area (Å²) < 4.78 is 0. The summed E-state index contributed by atoms with van der Waals surface area (Å²) in [5.41, 5.74) is 3.45. The molecule has 76 valence electrons. The van der Waals surface area contributed by atoms with Crippen LogP contribution in [-0.4, -0.2) is 11.1 Å². The Morgan fingerprint density at radius 1 is 1.21 bits per heavy atom. The molecule has 2 heteroatoms. The number of hydrogen-bond acceptors (Lipinski definition) is 1. The monoisotopic (exact) mass is 254 g/mol. The Morgan fingerprint density at radius 2 is 1.86 bits per heavy atom. The summed E-state index contributed by atoms with van der Waals surface area (Å²) in [4.78, 5) is 11.4. The SMILES string of the molecule is CCc1ccc(C(=O)CBr)cc1CC. The summed E-state index contributed by atoms with van der Waals surface area (Å²) in [6.07, 6.45) is 2.03. The molecule has 1 rings (SSSR count). The second-order valence-corrected chi connectivity index (χ2v) is 3.81. The van der Waals surface area contributed by atoms with E-state index in [-0.39, 0.29) is 5.78 Å². The molecule has 1 aromatic rings. The van der Waals surface area contributed by atoms with Crippen molar-refractivity contribution >= 4 is 21.7 Å². The fraction of sp³-hybridized carbons (Fsp3) is 0.417. The van der Waals surface area contributed by atoms with Gasteiger partial charge in [0, 0.05) is 5.56 Å². The zero-order valence-electron chi connectivity index (χ0n) is 8.64. The Kier molecular flexibility index (Phi) is 4.33. The van der Waals surface area contributed by atoms with E-state index in [0.29, 0.717) is 5.33 Å². The third kappa shape index (κ3) is 2.44. The quantitative estimate of drug-likeness (QED) is 0.595. The third-order valence-electron chi connectivity index (χ3n) is 2.41. The first-order chi connectivity index (χ1) is 6.72. The summed E-state index contributed by atoms with van der Waals surface area (Å²) >= 11 is 3.18. The molecule has 1 aromatic carbocycles. The molecule has 0 aliphatic rings. The van der Waals surface area contributed by atoms with Crippen LogP contribution >= 0.6 is 15.9 Å². The lowest BCUT2D eigenvalue weighted by Crippen LogP contribution is -2.02. The molecule has 0 saturated heterocycles. The molecule has 0 aliphatic carbocycles. The van der Waals surface area contributed by atoms with E-state index in [0.717, 1.165) is 18.4 Å². The molecule has 0 unspecified atom stereocenters. The highest BCUT2D eigenvalue weighted by molar-refractivity contribution is 9.09. The minimum absolute atomic E-state index is 0.155. The molecule has 0 heterocycles. The number of aryl methyl sites for hydroxylation is 2. The minimum Gasteiger partial charge on any atom is -0.293 e. The summed E-state index contributed by atoms with van der Waals surface area (Å²) in [5.74, 6) is 0.155. The number of carbonyl (C=O) groups is 1. The summed E-state index contributed by atoms with van der Waals surface area (Å²) in [7, 11) is 0. The van der Waals surface area contributed by atoms with Crippen LogP contribution in [0, 0.1) is 0 Å². The fourth-order valence-electron chi connectivity index (χ4n) is 1.55. The summed E-state index contributed by atoms with van der Waals surface area (Å²) in [6, 6.07) is 6.00. The van der Waals surface area contributed by atoms with Gasteiger partial charge in [-0.1, -0.05) is 41.9 Å². The van der Waals surface area contributed by atoms with Crippen molar-refractivity contribution in [3.8, 4) is 0 Å². The molecule has 0 radical (unpaired) electrons.